The first-order chi connectivity index (χ1) is 14.4. The summed E-state index contributed by atoms with van der Waals surface area (Å²) in [6.45, 7) is 26.0. The molecule has 1 heteroatoms. The van der Waals surface area contributed by atoms with Gasteiger partial charge < -0.3 is 0 Å². The Labute approximate surface area is 196 Å². The fraction of sp³-hybridized carbons (Fsp3) is 1.00. The SMILES string of the molecule is [2H]C1([Si](C)(C2([2H])CC(C)(C)CC(C)(C)C2)C2([2H])CC(C)(C)CC(C)(C)C2)CCCC(C)(C)C1. The second-order valence-corrected chi connectivity index (χ2v) is 20.2. The van der Waals surface area contributed by atoms with Crippen LogP contribution < -0.4 is 0 Å². The van der Waals surface area contributed by atoms with Crippen LogP contribution in [0.5, 0.6) is 0 Å². The van der Waals surface area contributed by atoms with Gasteiger partial charge in [0, 0.05) is 4.11 Å². The third kappa shape index (κ3) is 5.40. The van der Waals surface area contributed by atoms with Crippen molar-refractivity contribution in [1.82, 2.24) is 0 Å². The van der Waals surface area contributed by atoms with Gasteiger partial charge in [0.2, 0.25) is 0 Å². The molecular formula is C29H56Si. The molecule has 3 aliphatic rings. The summed E-state index contributed by atoms with van der Waals surface area (Å²) in [5.74, 6) is 0. The molecule has 0 heterocycles. The predicted octanol–water partition coefficient (Wildman–Crippen LogP) is 10.2. The summed E-state index contributed by atoms with van der Waals surface area (Å²) in [6, 6.07) is 0. The minimum absolute atomic E-state index is 0.0916. The van der Waals surface area contributed by atoms with E-state index in [1.54, 1.807) is 0 Å². The molecule has 3 fully saturated rings. The molecule has 0 spiro atoms. The molecule has 3 aliphatic carbocycles. The van der Waals surface area contributed by atoms with E-state index in [0.717, 1.165) is 57.8 Å². The molecule has 176 valence electrons. The van der Waals surface area contributed by atoms with Crippen molar-refractivity contribution >= 4 is 8.07 Å². The molecule has 0 saturated heterocycles. The van der Waals surface area contributed by atoms with Crippen LogP contribution in [0.15, 0.2) is 0 Å². The van der Waals surface area contributed by atoms with Gasteiger partial charge in [0.1, 0.15) is 0 Å². The molecule has 0 aromatic carbocycles. The van der Waals surface area contributed by atoms with Crippen molar-refractivity contribution in [1.29, 1.82) is 0 Å². The van der Waals surface area contributed by atoms with Crippen molar-refractivity contribution in [3.05, 3.63) is 0 Å². The number of hydrogen-bond donors (Lipinski definition) is 0. The second kappa shape index (κ2) is 7.63. The smallest absolute Gasteiger partial charge is 0.0599 e. The Hall–Kier alpha value is 0.217. The molecule has 1 atom stereocenters. The highest BCUT2D eigenvalue weighted by molar-refractivity contribution is 6.82. The van der Waals surface area contributed by atoms with Gasteiger partial charge in [-0.2, -0.15) is 0 Å². The van der Waals surface area contributed by atoms with E-state index >= 15 is 0 Å². The molecule has 0 aromatic rings. The van der Waals surface area contributed by atoms with Crippen LogP contribution in [-0.2, 0) is 0 Å². The highest BCUT2D eigenvalue weighted by atomic mass is 28.3. The Morgan fingerprint density at radius 2 is 0.900 bits per heavy atom. The van der Waals surface area contributed by atoms with Gasteiger partial charge in [0.05, 0.1) is 8.07 Å². The molecule has 0 bridgehead atoms. The van der Waals surface area contributed by atoms with Crippen LogP contribution in [0.2, 0.25) is 23.1 Å². The first kappa shape index (κ1) is 20.8. The van der Waals surface area contributed by atoms with E-state index in [2.05, 4.69) is 75.8 Å². The summed E-state index contributed by atoms with van der Waals surface area (Å²) >= 11 is 0. The van der Waals surface area contributed by atoms with Gasteiger partial charge in [-0.25, -0.2) is 0 Å². The first-order valence-electron chi connectivity index (χ1n) is 14.4. The van der Waals surface area contributed by atoms with Crippen LogP contribution in [0.3, 0.4) is 0 Å². The highest BCUT2D eigenvalue weighted by Gasteiger charge is 2.57. The van der Waals surface area contributed by atoms with Crippen molar-refractivity contribution in [2.75, 3.05) is 0 Å². The van der Waals surface area contributed by atoms with E-state index in [4.69, 9.17) is 0 Å². The number of rotatable bonds is 3. The lowest BCUT2D eigenvalue weighted by Crippen LogP contribution is -2.55. The molecule has 0 aliphatic heterocycles. The zero-order valence-corrected chi connectivity index (χ0v) is 23.6. The van der Waals surface area contributed by atoms with Crippen molar-refractivity contribution in [3.8, 4) is 0 Å². The monoisotopic (exact) mass is 435 g/mol. The highest BCUT2D eigenvalue weighted by Crippen LogP contribution is 2.66. The second-order valence-electron chi connectivity index (χ2n) is 15.8. The molecular weight excluding hydrogens is 376 g/mol. The Kier molecular flexibility index (Phi) is 5.29. The van der Waals surface area contributed by atoms with Gasteiger partial charge in [-0.3, -0.25) is 0 Å². The molecule has 0 N–H and O–H groups in total. The summed E-state index contributed by atoms with van der Waals surface area (Å²) in [5.41, 5.74) is -1.38. The summed E-state index contributed by atoms with van der Waals surface area (Å²) in [6.07, 6.45) is 9.82. The zero-order chi connectivity index (χ0) is 25.6. The summed E-state index contributed by atoms with van der Waals surface area (Å²) in [5, 5.41) is 0. The van der Waals surface area contributed by atoms with E-state index in [0.29, 0.717) is 0 Å². The van der Waals surface area contributed by atoms with Crippen LogP contribution >= 0.6 is 0 Å². The van der Waals surface area contributed by atoms with Crippen LogP contribution in [0.4, 0.5) is 0 Å². The molecule has 3 rings (SSSR count). The Morgan fingerprint density at radius 1 is 0.567 bits per heavy atom. The van der Waals surface area contributed by atoms with Gasteiger partial charge >= 0.3 is 0 Å². The maximum atomic E-state index is 10.4. The topological polar surface area (TPSA) is 0 Å². The molecule has 0 radical (unpaired) electrons. The van der Waals surface area contributed by atoms with E-state index in [9.17, 15) is 4.11 Å². The first-order valence-corrected chi connectivity index (χ1v) is 15.4. The predicted molar refractivity (Wildman–Crippen MR) is 138 cm³/mol. The van der Waals surface area contributed by atoms with Crippen LogP contribution in [0, 0.1) is 27.1 Å². The summed E-state index contributed by atoms with van der Waals surface area (Å²) in [7, 11) is -2.86. The maximum absolute atomic E-state index is 10.4. The van der Waals surface area contributed by atoms with Crippen LogP contribution in [0.1, 0.15) is 138 Å². The molecule has 30 heavy (non-hydrogen) atoms. The van der Waals surface area contributed by atoms with Gasteiger partial charge in [-0.15, -0.1) is 0 Å². The molecule has 3 saturated carbocycles. The third-order valence-electron chi connectivity index (χ3n) is 8.83. The maximum Gasteiger partial charge on any atom is 0.0599 e. The summed E-state index contributed by atoms with van der Waals surface area (Å²) < 4.78 is 31.1. The Morgan fingerprint density at radius 3 is 1.23 bits per heavy atom. The minimum Gasteiger partial charge on any atom is -0.0685 e. The largest absolute Gasteiger partial charge is 0.0685 e. The lowest BCUT2D eigenvalue weighted by Gasteiger charge is -2.60. The average Bonchev–Trinajstić information content (AvgIpc) is 2.44. The molecule has 1 unspecified atom stereocenters. The minimum atomic E-state index is -2.86. The van der Waals surface area contributed by atoms with Crippen LogP contribution in [-0.4, -0.2) is 8.07 Å². The normalized spacial score (nSPS) is 39.9. The Balaban J connectivity index is 2.28. The number of hydrogen-bond acceptors (Lipinski definition) is 0. The standard InChI is InChI=1S/C29H56Si/c1-25(2)14-12-13-22(15-25)30(11,23-16-26(3,4)20-27(5,6)17-23)24-18-28(7,8)21-29(9,10)19-24/h22-24H,12-21H2,1-11H3/i22D,23D,24D. The van der Waals surface area contributed by atoms with Crippen molar-refractivity contribution in [2.24, 2.45) is 27.1 Å². The molecule has 0 amide bonds. The fourth-order valence-electron chi connectivity index (χ4n) is 8.70. The van der Waals surface area contributed by atoms with E-state index in [-0.39, 0.29) is 27.1 Å². The van der Waals surface area contributed by atoms with Crippen molar-refractivity contribution in [2.45, 2.75) is 157 Å². The average molecular weight is 436 g/mol. The molecule has 0 aromatic heterocycles. The van der Waals surface area contributed by atoms with Crippen LogP contribution in [0.25, 0.3) is 0 Å². The quantitative estimate of drug-likeness (QED) is 0.387. The van der Waals surface area contributed by atoms with Gasteiger partial charge in [0.25, 0.3) is 0 Å². The fourth-order valence-corrected chi connectivity index (χ4v) is 15.0. The van der Waals surface area contributed by atoms with Crippen molar-refractivity contribution in [3.63, 3.8) is 0 Å². The summed E-state index contributed by atoms with van der Waals surface area (Å²) in [4.78, 5) is 0. The van der Waals surface area contributed by atoms with E-state index in [1.807, 2.05) is 0 Å². The van der Waals surface area contributed by atoms with Gasteiger partial charge in [-0.05, 0) is 95.0 Å². The lowest BCUT2D eigenvalue weighted by atomic mass is 9.65. The van der Waals surface area contributed by atoms with Gasteiger partial charge in [-0.1, -0.05) is 88.6 Å². The third-order valence-corrected chi connectivity index (χ3v) is 14.2. The van der Waals surface area contributed by atoms with E-state index in [1.165, 1.54) is 6.42 Å². The zero-order valence-electron chi connectivity index (χ0n) is 25.6. The Bertz CT molecular complexity index is 687. The van der Waals surface area contributed by atoms with Crippen molar-refractivity contribution < 1.29 is 4.11 Å². The molecule has 0 nitrogen and oxygen atoms in total. The van der Waals surface area contributed by atoms with E-state index < -0.39 is 24.6 Å². The van der Waals surface area contributed by atoms with Gasteiger partial charge in [0.15, 0.2) is 0 Å². The lowest BCUT2D eigenvalue weighted by molar-refractivity contribution is 0.0969.